The van der Waals surface area contributed by atoms with E-state index < -0.39 is 0 Å². The van der Waals surface area contributed by atoms with Crippen LogP contribution in [-0.2, 0) is 0 Å². The summed E-state index contributed by atoms with van der Waals surface area (Å²) in [6.45, 7) is 8.02. The molecule has 0 atom stereocenters. The molecule has 82 valence electrons. The summed E-state index contributed by atoms with van der Waals surface area (Å²) in [5.74, 6) is 2.40. The monoisotopic (exact) mass is 198 g/mol. The molecular formula is C11H22N2O. The zero-order chi connectivity index (χ0) is 10.6. The number of amides is 2. The van der Waals surface area contributed by atoms with Gasteiger partial charge < -0.3 is 10.6 Å². The van der Waals surface area contributed by atoms with Gasteiger partial charge in [-0.1, -0.05) is 13.8 Å². The Bertz CT molecular complexity index is 186. The van der Waals surface area contributed by atoms with Crippen molar-refractivity contribution in [3.8, 4) is 0 Å². The topological polar surface area (TPSA) is 41.1 Å². The number of carbonyl (C=O) groups is 1. The maximum absolute atomic E-state index is 11.1. The minimum Gasteiger partial charge on any atom is -0.338 e. The lowest BCUT2D eigenvalue weighted by molar-refractivity contribution is 0.140. The summed E-state index contributed by atoms with van der Waals surface area (Å²) in [6, 6.07) is -0.0273. The van der Waals surface area contributed by atoms with E-state index in [-0.39, 0.29) is 6.03 Å². The molecule has 2 amide bonds. The van der Waals surface area contributed by atoms with E-state index in [1.807, 2.05) is 6.92 Å². The average Bonchev–Trinajstić information content (AvgIpc) is 2.01. The highest BCUT2D eigenvalue weighted by Gasteiger charge is 2.30. The van der Waals surface area contributed by atoms with Crippen molar-refractivity contribution in [1.29, 1.82) is 0 Å². The van der Waals surface area contributed by atoms with Crippen molar-refractivity contribution in [1.82, 2.24) is 10.6 Å². The lowest BCUT2D eigenvalue weighted by atomic mass is 9.69. The third-order valence-corrected chi connectivity index (χ3v) is 3.10. The fourth-order valence-electron chi connectivity index (χ4n) is 1.96. The zero-order valence-corrected chi connectivity index (χ0v) is 9.47. The molecule has 2 N–H and O–H groups in total. The van der Waals surface area contributed by atoms with E-state index in [2.05, 4.69) is 24.5 Å². The fourth-order valence-corrected chi connectivity index (χ4v) is 1.96. The average molecular weight is 198 g/mol. The number of nitrogens with one attached hydrogen (secondary N) is 2. The standard InChI is InChI=1S/C11H22N2O/c1-4-12-11(14)13-7-9-5-10(6-9)8(2)3/h8-10H,4-7H2,1-3H3,(H2,12,13,14). The van der Waals surface area contributed by atoms with Gasteiger partial charge in [-0.25, -0.2) is 4.79 Å². The Morgan fingerprint density at radius 3 is 2.50 bits per heavy atom. The maximum atomic E-state index is 11.1. The van der Waals surface area contributed by atoms with Crippen LogP contribution in [0.2, 0.25) is 0 Å². The summed E-state index contributed by atoms with van der Waals surface area (Å²) in [5.41, 5.74) is 0. The van der Waals surface area contributed by atoms with Gasteiger partial charge in [0.25, 0.3) is 0 Å². The predicted octanol–water partition coefficient (Wildman–Crippen LogP) is 1.99. The van der Waals surface area contributed by atoms with Crippen LogP contribution in [0.1, 0.15) is 33.6 Å². The van der Waals surface area contributed by atoms with E-state index in [1.54, 1.807) is 0 Å². The molecule has 0 aromatic rings. The fraction of sp³-hybridized carbons (Fsp3) is 0.909. The lowest BCUT2D eigenvalue weighted by Gasteiger charge is -2.38. The summed E-state index contributed by atoms with van der Waals surface area (Å²) in [4.78, 5) is 11.1. The zero-order valence-electron chi connectivity index (χ0n) is 9.47. The molecule has 1 saturated carbocycles. The Kier molecular flexibility index (Phi) is 4.23. The van der Waals surface area contributed by atoms with E-state index in [1.165, 1.54) is 12.8 Å². The molecule has 0 aliphatic heterocycles. The Morgan fingerprint density at radius 2 is 2.00 bits per heavy atom. The molecule has 0 saturated heterocycles. The first-order chi connectivity index (χ1) is 6.63. The Morgan fingerprint density at radius 1 is 1.36 bits per heavy atom. The van der Waals surface area contributed by atoms with Crippen LogP contribution in [0.4, 0.5) is 4.79 Å². The van der Waals surface area contributed by atoms with Crippen molar-refractivity contribution in [2.45, 2.75) is 33.6 Å². The largest absolute Gasteiger partial charge is 0.338 e. The third-order valence-electron chi connectivity index (χ3n) is 3.10. The highest BCUT2D eigenvalue weighted by atomic mass is 16.2. The first-order valence-corrected chi connectivity index (χ1v) is 5.65. The summed E-state index contributed by atoms with van der Waals surface area (Å²) < 4.78 is 0. The first-order valence-electron chi connectivity index (χ1n) is 5.65. The van der Waals surface area contributed by atoms with E-state index in [0.29, 0.717) is 12.5 Å². The van der Waals surface area contributed by atoms with Crippen molar-refractivity contribution in [3.05, 3.63) is 0 Å². The van der Waals surface area contributed by atoms with Gasteiger partial charge >= 0.3 is 6.03 Å². The molecule has 1 rings (SSSR count). The molecule has 0 spiro atoms. The van der Waals surface area contributed by atoms with Crippen LogP contribution in [0.3, 0.4) is 0 Å². The van der Waals surface area contributed by atoms with Crippen LogP contribution in [0, 0.1) is 17.8 Å². The number of carbonyl (C=O) groups excluding carboxylic acids is 1. The molecule has 0 bridgehead atoms. The molecular weight excluding hydrogens is 176 g/mol. The van der Waals surface area contributed by atoms with Crippen LogP contribution in [-0.4, -0.2) is 19.1 Å². The van der Waals surface area contributed by atoms with Gasteiger partial charge in [0.15, 0.2) is 0 Å². The molecule has 3 heteroatoms. The highest BCUT2D eigenvalue weighted by Crippen LogP contribution is 2.38. The van der Waals surface area contributed by atoms with Crippen LogP contribution < -0.4 is 10.6 Å². The van der Waals surface area contributed by atoms with Crippen molar-refractivity contribution < 1.29 is 4.79 Å². The van der Waals surface area contributed by atoms with Gasteiger partial charge in [-0.15, -0.1) is 0 Å². The lowest BCUT2D eigenvalue weighted by Crippen LogP contribution is -2.42. The number of rotatable bonds is 4. The molecule has 0 radical (unpaired) electrons. The molecule has 1 fully saturated rings. The third kappa shape index (κ3) is 3.20. The second-order valence-electron chi connectivity index (χ2n) is 4.58. The molecule has 0 aromatic carbocycles. The Hall–Kier alpha value is -0.730. The molecule has 3 nitrogen and oxygen atoms in total. The van der Waals surface area contributed by atoms with Crippen LogP contribution >= 0.6 is 0 Å². The van der Waals surface area contributed by atoms with Crippen molar-refractivity contribution >= 4 is 6.03 Å². The highest BCUT2D eigenvalue weighted by molar-refractivity contribution is 5.73. The Labute approximate surface area is 86.6 Å². The summed E-state index contributed by atoms with van der Waals surface area (Å²) >= 11 is 0. The minimum atomic E-state index is -0.0273. The maximum Gasteiger partial charge on any atom is 0.314 e. The molecule has 0 heterocycles. The first kappa shape index (κ1) is 11.3. The van der Waals surface area contributed by atoms with Crippen molar-refractivity contribution in [2.24, 2.45) is 17.8 Å². The van der Waals surface area contributed by atoms with Gasteiger partial charge in [0.1, 0.15) is 0 Å². The summed E-state index contributed by atoms with van der Waals surface area (Å²) in [5, 5.41) is 5.63. The summed E-state index contributed by atoms with van der Waals surface area (Å²) in [6.07, 6.45) is 2.56. The van der Waals surface area contributed by atoms with Gasteiger partial charge in [-0.2, -0.15) is 0 Å². The molecule has 1 aliphatic rings. The van der Waals surface area contributed by atoms with Gasteiger partial charge in [0, 0.05) is 13.1 Å². The van der Waals surface area contributed by atoms with Crippen molar-refractivity contribution in [3.63, 3.8) is 0 Å². The predicted molar refractivity (Wildman–Crippen MR) is 58.1 cm³/mol. The number of urea groups is 1. The van der Waals surface area contributed by atoms with Crippen LogP contribution in [0.15, 0.2) is 0 Å². The van der Waals surface area contributed by atoms with E-state index in [4.69, 9.17) is 0 Å². The second-order valence-corrected chi connectivity index (χ2v) is 4.58. The van der Waals surface area contributed by atoms with E-state index >= 15 is 0 Å². The second kappa shape index (κ2) is 5.23. The quantitative estimate of drug-likeness (QED) is 0.712. The molecule has 1 aliphatic carbocycles. The summed E-state index contributed by atoms with van der Waals surface area (Å²) in [7, 11) is 0. The Balaban J connectivity index is 2.03. The van der Waals surface area contributed by atoms with Crippen LogP contribution in [0.5, 0.6) is 0 Å². The van der Waals surface area contributed by atoms with Crippen molar-refractivity contribution in [2.75, 3.05) is 13.1 Å². The SMILES string of the molecule is CCNC(=O)NCC1CC(C(C)C)C1. The molecule has 14 heavy (non-hydrogen) atoms. The van der Waals surface area contributed by atoms with Gasteiger partial charge in [-0.05, 0) is 37.5 Å². The number of hydrogen-bond donors (Lipinski definition) is 2. The van der Waals surface area contributed by atoms with Gasteiger partial charge in [0.2, 0.25) is 0 Å². The molecule has 0 aromatic heterocycles. The van der Waals surface area contributed by atoms with E-state index in [0.717, 1.165) is 18.4 Å². The number of hydrogen-bond acceptors (Lipinski definition) is 1. The smallest absolute Gasteiger partial charge is 0.314 e. The minimum absolute atomic E-state index is 0.0273. The van der Waals surface area contributed by atoms with Gasteiger partial charge in [-0.3, -0.25) is 0 Å². The van der Waals surface area contributed by atoms with Gasteiger partial charge in [0.05, 0.1) is 0 Å². The van der Waals surface area contributed by atoms with Crippen LogP contribution in [0.25, 0.3) is 0 Å². The molecule has 0 unspecified atom stereocenters. The normalized spacial score (nSPS) is 25.7. The van der Waals surface area contributed by atoms with E-state index in [9.17, 15) is 4.79 Å².